The van der Waals surface area contributed by atoms with E-state index in [1.807, 2.05) is 18.3 Å². The van der Waals surface area contributed by atoms with E-state index in [-0.39, 0.29) is 0 Å². The van der Waals surface area contributed by atoms with Crippen LogP contribution < -0.4 is 4.90 Å². The molecule has 0 saturated carbocycles. The fourth-order valence-corrected chi connectivity index (χ4v) is 2.21. The van der Waals surface area contributed by atoms with E-state index in [9.17, 15) is 0 Å². The lowest BCUT2D eigenvalue weighted by molar-refractivity contribution is 0.862. The van der Waals surface area contributed by atoms with E-state index >= 15 is 0 Å². The molecule has 0 aliphatic heterocycles. The first-order valence-corrected chi connectivity index (χ1v) is 6.53. The molecule has 1 aromatic carbocycles. The molecule has 0 spiro atoms. The Morgan fingerprint density at radius 3 is 2.44 bits per heavy atom. The van der Waals surface area contributed by atoms with Crippen molar-refractivity contribution in [3.8, 4) is 11.3 Å². The minimum absolute atomic E-state index is 1.03. The molecular formula is C16H20N2. The summed E-state index contributed by atoms with van der Waals surface area (Å²) in [5.41, 5.74) is 4.84. The summed E-state index contributed by atoms with van der Waals surface area (Å²) in [4.78, 5) is 6.79. The molecule has 0 aliphatic rings. The van der Waals surface area contributed by atoms with E-state index in [0.29, 0.717) is 0 Å². The summed E-state index contributed by atoms with van der Waals surface area (Å²) in [5.74, 6) is 0. The van der Waals surface area contributed by atoms with Crippen molar-refractivity contribution in [2.45, 2.75) is 20.8 Å². The van der Waals surface area contributed by atoms with Gasteiger partial charge in [-0.15, -0.1) is 0 Å². The Hall–Kier alpha value is -1.83. The first-order valence-electron chi connectivity index (χ1n) is 6.53. The van der Waals surface area contributed by atoms with Gasteiger partial charge < -0.3 is 4.90 Å². The van der Waals surface area contributed by atoms with Gasteiger partial charge in [0.05, 0.1) is 5.69 Å². The Morgan fingerprint density at radius 2 is 1.83 bits per heavy atom. The number of nitrogens with zero attached hydrogens (tertiary/aromatic N) is 2. The summed E-state index contributed by atoms with van der Waals surface area (Å²) in [6, 6.07) is 12.6. The largest absolute Gasteiger partial charge is 0.372 e. The molecule has 0 bridgehead atoms. The predicted octanol–water partition coefficient (Wildman–Crippen LogP) is 3.90. The molecular weight excluding hydrogens is 220 g/mol. The van der Waals surface area contributed by atoms with Gasteiger partial charge in [0.2, 0.25) is 0 Å². The highest BCUT2D eigenvalue weighted by Crippen LogP contribution is 2.26. The molecule has 2 nitrogen and oxygen atoms in total. The fourth-order valence-electron chi connectivity index (χ4n) is 2.21. The van der Waals surface area contributed by atoms with E-state index in [1.54, 1.807) is 0 Å². The van der Waals surface area contributed by atoms with Crippen LogP contribution >= 0.6 is 0 Å². The zero-order valence-corrected chi connectivity index (χ0v) is 11.4. The molecule has 0 amide bonds. The van der Waals surface area contributed by atoms with Crippen molar-refractivity contribution < 1.29 is 0 Å². The van der Waals surface area contributed by atoms with Gasteiger partial charge in [-0.2, -0.15) is 0 Å². The van der Waals surface area contributed by atoms with Crippen molar-refractivity contribution in [3.63, 3.8) is 0 Å². The molecule has 0 saturated heterocycles. The molecule has 2 heteroatoms. The van der Waals surface area contributed by atoms with Crippen LogP contribution in [-0.4, -0.2) is 18.1 Å². The van der Waals surface area contributed by atoms with Crippen LogP contribution in [0.15, 0.2) is 42.6 Å². The quantitative estimate of drug-likeness (QED) is 0.805. The lowest BCUT2D eigenvalue weighted by atomic mass is 10.1. The lowest BCUT2D eigenvalue weighted by Crippen LogP contribution is -2.22. The number of anilines is 1. The highest BCUT2D eigenvalue weighted by atomic mass is 15.1. The number of benzene rings is 1. The maximum absolute atomic E-state index is 4.41. The Bertz CT molecular complexity index is 502. The summed E-state index contributed by atoms with van der Waals surface area (Å²) in [6.07, 6.45) is 1.84. The van der Waals surface area contributed by atoms with Gasteiger partial charge in [-0.3, -0.25) is 4.98 Å². The molecule has 2 rings (SSSR count). The van der Waals surface area contributed by atoms with Crippen LogP contribution in [0.4, 0.5) is 5.69 Å². The van der Waals surface area contributed by atoms with Gasteiger partial charge in [0.1, 0.15) is 0 Å². The average molecular weight is 240 g/mol. The van der Waals surface area contributed by atoms with Gasteiger partial charge >= 0.3 is 0 Å². The smallest absolute Gasteiger partial charge is 0.0702 e. The van der Waals surface area contributed by atoms with Gasteiger partial charge in [0, 0.05) is 30.5 Å². The minimum Gasteiger partial charge on any atom is -0.372 e. The van der Waals surface area contributed by atoms with Crippen LogP contribution in [0.3, 0.4) is 0 Å². The molecule has 2 aromatic rings. The Labute approximate surface area is 109 Å². The first kappa shape index (κ1) is 12.6. The van der Waals surface area contributed by atoms with Crippen molar-refractivity contribution in [2.24, 2.45) is 0 Å². The average Bonchev–Trinajstić information content (AvgIpc) is 2.43. The SMILES string of the molecule is CCN(CC)c1cc(-c2ccccn2)ccc1C. The third-order valence-electron chi connectivity index (χ3n) is 3.27. The van der Waals surface area contributed by atoms with Crippen LogP contribution in [0.5, 0.6) is 0 Å². The van der Waals surface area contributed by atoms with E-state index in [0.717, 1.165) is 18.8 Å². The second kappa shape index (κ2) is 5.67. The summed E-state index contributed by atoms with van der Waals surface area (Å²) in [7, 11) is 0. The maximum Gasteiger partial charge on any atom is 0.0702 e. The second-order valence-corrected chi connectivity index (χ2v) is 4.39. The van der Waals surface area contributed by atoms with Crippen LogP contribution in [0.2, 0.25) is 0 Å². The van der Waals surface area contributed by atoms with Crippen molar-refractivity contribution in [3.05, 3.63) is 48.2 Å². The fraction of sp³-hybridized carbons (Fsp3) is 0.312. The molecule has 0 unspecified atom stereocenters. The van der Waals surface area contributed by atoms with Gasteiger partial charge in [-0.25, -0.2) is 0 Å². The zero-order chi connectivity index (χ0) is 13.0. The Kier molecular flexibility index (Phi) is 3.98. The second-order valence-electron chi connectivity index (χ2n) is 4.39. The van der Waals surface area contributed by atoms with Crippen LogP contribution in [0.25, 0.3) is 11.3 Å². The lowest BCUT2D eigenvalue weighted by Gasteiger charge is -2.23. The normalized spacial score (nSPS) is 10.4. The predicted molar refractivity (Wildman–Crippen MR) is 78.0 cm³/mol. The van der Waals surface area contributed by atoms with Crippen LogP contribution in [0.1, 0.15) is 19.4 Å². The molecule has 0 atom stereocenters. The highest BCUT2D eigenvalue weighted by molar-refractivity contribution is 5.68. The third-order valence-corrected chi connectivity index (χ3v) is 3.27. The van der Waals surface area contributed by atoms with Crippen molar-refractivity contribution >= 4 is 5.69 Å². The number of aryl methyl sites for hydroxylation is 1. The van der Waals surface area contributed by atoms with Gasteiger partial charge in [0.25, 0.3) is 0 Å². The van der Waals surface area contributed by atoms with E-state index in [4.69, 9.17) is 0 Å². The summed E-state index contributed by atoms with van der Waals surface area (Å²) < 4.78 is 0. The number of hydrogen-bond acceptors (Lipinski definition) is 2. The molecule has 0 aliphatic carbocycles. The molecule has 0 fully saturated rings. The molecule has 0 N–H and O–H groups in total. The van der Waals surface area contributed by atoms with E-state index < -0.39 is 0 Å². The number of pyridine rings is 1. The van der Waals surface area contributed by atoms with E-state index in [1.165, 1.54) is 16.8 Å². The number of hydrogen-bond donors (Lipinski definition) is 0. The Morgan fingerprint density at radius 1 is 1.06 bits per heavy atom. The van der Waals surface area contributed by atoms with Gasteiger partial charge in [0.15, 0.2) is 0 Å². The van der Waals surface area contributed by atoms with Crippen LogP contribution in [-0.2, 0) is 0 Å². The van der Waals surface area contributed by atoms with Crippen molar-refractivity contribution in [1.29, 1.82) is 0 Å². The standard InChI is InChI=1S/C16H20N2/c1-4-18(5-2)16-12-14(10-9-13(16)3)15-8-6-7-11-17-15/h6-12H,4-5H2,1-3H3. The zero-order valence-electron chi connectivity index (χ0n) is 11.4. The van der Waals surface area contributed by atoms with Gasteiger partial charge in [-0.05, 0) is 44.5 Å². The monoisotopic (exact) mass is 240 g/mol. The third kappa shape index (κ3) is 2.53. The Balaban J connectivity index is 2.44. The molecule has 94 valence electrons. The van der Waals surface area contributed by atoms with Crippen molar-refractivity contribution in [1.82, 2.24) is 4.98 Å². The molecule has 1 aromatic heterocycles. The maximum atomic E-state index is 4.41. The molecule has 1 heterocycles. The van der Waals surface area contributed by atoms with E-state index in [2.05, 4.69) is 54.9 Å². The summed E-state index contributed by atoms with van der Waals surface area (Å²) >= 11 is 0. The molecule has 0 radical (unpaired) electrons. The van der Waals surface area contributed by atoms with Gasteiger partial charge in [-0.1, -0.05) is 18.2 Å². The minimum atomic E-state index is 1.03. The number of aromatic nitrogens is 1. The number of rotatable bonds is 4. The van der Waals surface area contributed by atoms with Crippen molar-refractivity contribution in [2.75, 3.05) is 18.0 Å². The summed E-state index contributed by atoms with van der Waals surface area (Å²) in [6.45, 7) is 8.61. The highest BCUT2D eigenvalue weighted by Gasteiger charge is 2.07. The van der Waals surface area contributed by atoms with Crippen LogP contribution in [0, 0.1) is 6.92 Å². The first-order chi connectivity index (χ1) is 8.76. The molecule has 18 heavy (non-hydrogen) atoms. The topological polar surface area (TPSA) is 16.1 Å². The summed E-state index contributed by atoms with van der Waals surface area (Å²) in [5, 5.41) is 0.